The van der Waals surface area contributed by atoms with Gasteiger partial charge in [0, 0.05) is 19.2 Å². The molecule has 0 saturated carbocycles. The normalized spacial score (nSPS) is 12.9. The smallest absolute Gasteiger partial charge is 0.0119 e. The number of hydrogen-bond acceptors (Lipinski definition) is 1. The summed E-state index contributed by atoms with van der Waals surface area (Å²) < 4.78 is 0. The van der Waals surface area contributed by atoms with Crippen LogP contribution in [0.15, 0.2) is 48.2 Å². The van der Waals surface area contributed by atoms with Crippen LogP contribution in [0.1, 0.15) is 34.1 Å². The fourth-order valence-electron chi connectivity index (χ4n) is 1.28. The molecule has 90 valence electrons. The zero-order valence-corrected chi connectivity index (χ0v) is 11.4. The van der Waals surface area contributed by atoms with Gasteiger partial charge in [-0.3, -0.25) is 0 Å². The molecular formula is C15H25N. The molecule has 1 N–H and O–H groups in total. The van der Waals surface area contributed by atoms with Crippen LogP contribution in [0.2, 0.25) is 0 Å². The summed E-state index contributed by atoms with van der Waals surface area (Å²) in [5.74, 6) is 0. The molecule has 0 aromatic heterocycles. The third-order valence-electron chi connectivity index (χ3n) is 2.54. The third kappa shape index (κ3) is 5.01. The van der Waals surface area contributed by atoms with E-state index in [9.17, 15) is 0 Å². The maximum atomic E-state index is 4.20. The summed E-state index contributed by atoms with van der Waals surface area (Å²) in [6.45, 7) is 16.7. The highest BCUT2D eigenvalue weighted by atomic mass is 14.8. The van der Waals surface area contributed by atoms with Crippen LogP contribution in [0.4, 0.5) is 0 Å². The molecule has 0 aromatic carbocycles. The first-order valence-corrected chi connectivity index (χ1v) is 5.70. The molecule has 0 amide bonds. The lowest BCUT2D eigenvalue weighted by Crippen LogP contribution is -2.13. The maximum Gasteiger partial charge on any atom is 0.0119 e. The van der Waals surface area contributed by atoms with E-state index in [1.165, 1.54) is 11.1 Å². The summed E-state index contributed by atoms with van der Waals surface area (Å²) in [6, 6.07) is 0. The summed E-state index contributed by atoms with van der Waals surface area (Å²) >= 11 is 0. The van der Waals surface area contributed by atoms with Gasteiger partial charge >= 0.3 is 0 Å². The van der Waals surface area contributed by atoms with Crippen LogP contribution >= 0.6 is 0 Å². The number of nitrogens with one attached hydrogen (secondary N) is 1. The van der Waals surface area contributed by atoms with Gasteiger partial charge in [-0.25, -0.2) is 0 Å². The fourth-order valence-corrected chi connectivity index (χ4v) is 1.28. The molecule has 0 saturated heterocycles. The van der Waals surface area contributed by atoms with Gasteiger partial charge < -0.3 is 5.32 Å². The Kier molecular flexibility index (Phi) is 5.87. The van der Waals surface area contributed by atoms with Crippen molar-refractivity contribution in [2.45, 2.75) is 34.1 Å². The molecule has 0 radical (unpaired) electrons. The summed E-state index contributed by atoms with van der Waals surface area (Å²) in [4.78, 5) is 0. The van der Waals surface area contributed by atoms with E-state index >= 15 is 0 Å². The Morgan fingerprint density at radius 1 is 1.25 bits per heavy atom. The van der Waals surface area contributed by atoms with Gasteiger partial charge in [-0.2, -0.15) is 0 Å². The standard InChI is InChI=1S/C15H25N/c1-8-9-10-14(11-12(2)16-7)13(3)15(4,5)6/h8-10,16H,2-3,11H2,1,4-7H3/b9-8-,14-10-. The van der Waals surface area contributed by atoms with E-state index in [1.807, 2.05) is 20.0 Å². The average Bonchev–Trinajstić information content (AvgIpc) is 2.21. The lowest BCUT2D eigenvalue weighted by molar-refractivity contribution is 0.509. The first-order chi connectivity index (χ1) is 7.32. The summed E-state index contributed by atoms with van der Waals surface area (Å²) in [5, 5.41) is 3.08. The predicted octanol–water partition coefficient (Wildman–Crippen LogP) is 4.21. The van der Waals surface area contributed by atoms with Crippen molar-refractivity contribution in [2.24, 2.45) is 5.41 Å². The monoisotopic (exact) mass is 219 g/mol. The minimum absolute atomic E-state index is 0.0986. The maximum absolute atomic E-state index is 4.20. The molecule has 1 heteroatoms. The van der Waals surface area contributed by atoms with Crippen molar-refractivity contribution in [3.63, 3.8) is 0 Å². The first kappa shape index (κ1) is 14.8. The van der Waals surface area contributed by atoms with Gasteiger partial charge in [0.2, 0.25) is 0 Å². The van der Waals surface area contributed by atoms with Crippen LogP contribution in [0.25, 0.3) is 0 Å². The van der Waals surface area contributed by atoms with Crippen molar-refractivity contribution in [2.75, 3.05) is 7.05 Å². The first-order valence-electron chi connectivity index (χ1n) is 5.70. The van der Waals surface area contributed by atoms with Gasteiger partial charge in [0.05, 0.1) is 0 Å². The van der Waals surface area contributed by atoms with Crippen molar-refractivity contribution < 1.29 is 0 Å². The average molecular weight is 219 g/mol. The molecule has 0 heterocycles. The second-order valence-corrected chi connectivity index (χ2v) is 4.98. The Morgan fingerprint density at radius 2 is 1.81 bits per heavy atom. The van der Waals surface area contributed by atoms with Crippen molar-refractivity contribution in [1.29, 1.82) is 0 Å². The highest BCUT2D eigenvalue weighted by molar-refractivity contribution is 5.37. The SMILES string of the molecule is C=C(C/C(=C/C=C\C)C(=C)C(C)(C)C)NC. The topological polar surface area (TPSA) is 12.0 Å². The van der Waals surface area contributed by atoms with Crippen molar-refractivity contribution in [1.82, 2.24) is 5.32 Å². The third-order valence-corrected chi connectivity index (χ3v) is 2.54. The highest BCUT2D eigenvalue weighted by Gasteiger charge is 2.18. The van der Waals surface area contributed by atoms with E-state index < -0.39 is 0 Å². The van der Waals surface area contributed by atoms with Gasteiger partial charge in [0.25, 0.3) is 0 Å². The minimum atomic E-state index is 0.0986. The van der Waals surface area contributed by atoms with E-state index in [4.69, 9.17) is 0 Å². The Bertz CT molecular complexity index is 311. The molecule has 0 rings (SSSR count). The lowest BCUT2D eigenvalue weighted by Gasteiger charge is -2.24. The molecule has 0 spiro atoms. The van der Waals surface area contributed by atoms with Gasteiger partial charge in [0.1, 0.15) is 0 Å². The largest absolute Gasteiger partial charge is 0.392 e. The molecule has 0 aliphatic carbocycles. The summed E-state index contributed by atoms with van der Waals surface area (Å²) in [6.07, 6.45) is 7.03. The van der Waals surface area contributed by atoms with E-state index in [-0.39, 0.29) is 5.41 Å². The quantitative estimate of drug-likeness (QED) is 0.683. The van der Waals surface area contributed by atoms with Crippen LogP contribution in [0.5, 0.6) is 0 Å². The molecule has 0 aromatic rings. The molecule has 0 unspecified atom stereocenters. The van der Waals surface area contributed by atoms with E-state index in [1.54, 1.807) is 0 Å². The highest BCUT2D eigenvalue weighted by Crippen LogP contribution is 2.32. The Morgan fingerprint density at radius 3 is 2.19 bits per heavy atom. The van der Waals surface area contributed by atoms with E-state index in [0.717, 1.165) is 12.1 Å². The second-order valence-electron chi connectivity index (χ2n) is 4.98. The van der Waals surface area contributed by atoms with E-state index in [2.05, 4.69) is 51.4 Å². The van der Waals surface area contributed by atoms with Crippen molar-refractivity contribution in [3.05, 3.63) is 48.2 Å². The molecule has 16 heavy (non-hydrogen) atoms. The van der Waals surface area contributed by atoms with Crippen LogP contribution in [-0.2, 0) is 0 Å². The van der Waals surface area contributed by atoms with Gasteiger partial charge in [-0.05, 0) is 23.5 Å². The van der Waals surface area contributed by atoms with E-state index in [0.29, 0.717) is 0 Å². The number of rotatable bonds is 5. The van der Waals surface area contributed by atoms with Gasteiger partial charge in [-0.15, -0.1) is 0 Å². The molecule has 0 aliphatic heterocycles. The van der Waals surface area contributed by atoms with Crippen molar-refractivity contribution in [3.8, 4) is 0 Å². The van der Waals surface area contributed by atoms with Crippen LogP contribution in [-0.4, -0.2) is 7.05 Å². The van der Waals surface area contributed by atoms with Crippen molar-refractivity contribution >= 4 is 0 Å². The molecule has 0 aliphatic rings. The minimum Gasteiger partial charge on any atom is -0.392 e. The Labute approximate surface area is 101 Å². The second kappa shape index (κ2) is 6.37. The van der Waals surface area contributed by atoms with Gasteiger partial charge in [0.15, 0.2) is 0 Å². The zero-order chi connectivity index (χ0) is 12.8. The summed E-state index contributed by atoms with van der Waals surface area (Å²) in [5.41, 5.74) is 3.52. The molecule has 0 atom stereocenters. The molecule has 0 bridgehead atoms. The lowest BCUT2D eigenvalue weighted by atomic mass is 9.81. The van der Waals surface area contributed by atoms with Crippen LogP contribution < -0.4 is 5.32 Å². The van der Waals surface area contributed by atoms with Crippen LogP contribution in [0, 0.1) is 5.41 Å². The Hall–Kier alpha value is -1.24. The summed E-state index contributed by atoms with van der Waals surface area (Å²) in [7, 11) is 1.90. The Balaban J connectivity index is 4.96. The molecule has 1 nitrogen and oxygen atoms in total. The predicted molar refractivity (Wildman–Crippen MR) is 74.3 cm³/mol. The number of hydrogen-bond donors (Lipinski definition) is 1. The molecular weight excluding hydrogens is 194 g/mol. The van der Waals surface area contributed by atoms with Gasteiger partial charge in [-0.1, -0.05) is 52.2 Å². The number of allylic oxidation sites excluding steroid dienone is 5. The molecule has 0 fully saturated rings. The van der Waals surface area contributed by atoms with Crippen LogP contribution in [0.3, 0.4) is 0 Å². The zero-order valence-electron chi connectivity index (χ0n) is 11.4. The fraction of sp³-hybridized carbons (Fsp3) is 0.467.